The van der Waals surface area contributed by atoms with Crippen LogP contribution in [0.4, 0.5) is 0 Å². The van der Waals surface area contributed by atoms with Crippen molar-refractivity contribution in [1.29, 1.82) is 5.26 Å². The number of benzene rings is 2. The molecule has 2 aromatic carbocycles. The molecule has 0 spiro atoms. The summed E-state index contributed by atoms with van der Waals surface area (Å²) in [5.74, 6) is 1.09. The van der Waals surface area contributed by atoms with Crippen LogP contribution in [0.3, 0.4) is 0 Å². The second kappa shape index (κ2) is 8.39. The number of carbonyl (C=O) groups is 1. The highest BCUT2D eigenvalue weighted by molar-refractivity contribution is 5.91. The maximum Gasteiger partial charge on any atom is 0.244 e. The smallest absolute Gasteiger partial charge is 0.244 e. The van der Waals surface area contributed by atoms with Gasteiger partial charge in [0.25, 0.3) is 0 Å². The average Bonchev–Trinajstić information content (AvgIpc) is 2.64. The van der Waals surface area contributed by atoms with Crippen molar-refractivity contribution in [3.8, 4) is 17.6 Å². The Hall–Kier alpha value is -3.26. The molecule has 24 heavy (non-hydrogen) atoms. The van der Waals surface area contributed by atoms with Crippen LogP contribution in [0.1, 0.15) is 16.7 Å². The highest BCUT2D eigenvalue weighted by Gasteiger charge is 2.01. The average molecular weight is 322 g/mol. The fourth-order valence-corrected chi connectivity index (χ4v) is 2.10. The monoisotopic (exact) mass is 322 g/mol. The van der Waals surface area contributed by atoms with Crippen molar-refractivity contribution in [2.45, 2.75) is 6.54 Å². The third-order valence-corrected chi connectivity index (χ3v) is 3.32. The summed E-state index contributed by atoms with van der Waals surface area (Å²) in [6.45, 7) is 0.361. The minimum absolute atomic E-state index is 0.223. The summed E-state index contributed by atoms with van der Waals surface area (Å²) in [7, 11) is 3.15. The summed E-state index contributed by atoms with van der Waals surface area (Å²) >= 11 is 0. The van der Waals surface area contributed by atoms with E-state index in [2.05, 4.69) is 11.4 Å². The van der Waals surface area contributed by atoms with E-state index in [0.29, 0.717) is 23.6 Å². The highest BCUT2D eigenvalue weighted by atomic mass is 16.5. The number of methoxy groups -OCH3 is 2. The maximum atomic E-state index is 11.9. The SMILES string of the molecule is COc1cc(/C=C/C(=O)NCc2cccc(C#N)c2)cc(OC)c1. The maximum absolute atomic E-state index is 11.9. The van der Waals surface area contributed by atoms with Crippen molar-refractivity contribution in [1.82, 2.24) is 5.32 Å². The molecule has 122 valence electrons. The summed E-state index contributed by atoms with van der Waals surface area (Å²) in [6, 6.07) is 14.6. The van der Waals surface area contributed by atoms with E-state index in [1.54, 1.807) is 44.6 Å². The first-order valence-electron chi connectivity index (χ1n) is 7.32. The van der Waals surface area contributed by atoms with Crippen molar-refractivity contribution in [2.75, 3.05) is 14.2 Å². The van der Waals surface area contributed by atoms with Crippen LogP contribution in [0, 0.1) is 11.3 Å². The van der Waals surface area contributed by atoms with Gasteiger partial charge in [-0.3, -0.25) is 4.79 Å². The molecule has 0 aromatic heterocycles. The molecule has 0 atom stereocenters. The Morgan fingerprint density at radius 2 is 1.88 bits per heavy atom. The van der Waals surface area contributed by atoms with Gasteiger partial charge in [-0.1, -0.05) is 12.1 Å². The molecule has 2 rings (SSSR count). The lowest BCUT2D eigenvalue weighted by atomic mass is 10.1. The predicted molar refractivity (Wildman–Crippen MR) is 91.6 cm³/mol. The van der Waals surface area contributed by atoms with Gasteiger partial charge in [-0.15, -0.1) is 0 Å². The molecule has 0 radical (unpaired) electrons. The molecule has 0 bridgehead atoms. The Bertz CT molecular complexity index is 769. The number of nitrogens with zero attached hydrogens (tertiary/aromatic N) is 1. The van der Waals surface area contributed by atoms with Gasteiger partial charge in [-0.25, -0.2) is 0 Å². The first kappa shape index (κ1) is 17.1. The van der Waals surface area contributed by atoms with E-state index >= 15 is 0 Å². The molecule has 0 saturated heterocycles. The molecular formula is C19H18N2O3. The van der Waals surface area contributed by atoms with Crippen LogP contribution in [0.25, 0.3) is 6.08 Å². The fourth-order valence-electron chi connectivity index (χ4n) is 2.10. The minimum atomic E-state index is -0.223. The van der Waals surface area contributed by atoms with Crippen molar-refractivity contribution in [3.05, 3.63) is 65.2 Å². The van der Waals surface area contributed by atoms with Gasteiger partial charge in [0, 0.05) is 18.7 Å². The van der Waals surface area contributed by atoms with Crippen molar-refractivity contribution in [3.63, 3.8) is 0 Å². The number of nitriles is 1. The zero-order chi connectivity index (χ0) is 17.4. The van der Waals surface area contributed by atoms with Gasteiger partial charge in [-0.05, 0) is 41.5 Å². The zero-order valence-electron chi connectivity index (χ0n) is 13.6. The van der Waals surface area contributed by atoms with E-state index in [-0.39, 0.29) is 5.91 Å². The molecule has 0 saturated carbocycles. The topological polar surface area (TPSA) is 71.3 Å². The quantitative estimate of drug-likeness (QED) is 0.830. The van der Waals surface area contributed by atoms with E-state index in [4.69, 9.17) is 14.7 Å². The number of nitrogens with one attached hydrogen (secondary N) is 1. The van der Waals surface area contributed by atoms with E-state index < -0.39 is 0 Å². The number of hydrogen-bond donors (Lipinski definition) is 1. The molecular weight excluding hydrogens is 304 g/mol. The van der Waals surface area contributed by atoms with Crippen LogP contribution in [-0.4, -0.2) is 20.1 Å². The van der Waals surface area contributed by atoms with E-state index in [1.807, 2.05) is 18.2 Å². The third-order valence-electron chi connectivity index (χ3n) is 3.32. The van der Waals surface area contributed by atoms with Crippen LogP contribution in [0.15, 0.2) is 48.5 Å². The Balaban J connectivity index is 1.99. The Morgan fingerprint density at radius 3 is 2.50 bits per heavy atom. The van der Waals surface area contributed by atoms with Gasteiger partial charge in [0.05, 0.1) is 25.9 Å². The molecule has 5 nitrogen and oxygen atoms in total. The second-order valence-corrected chi connectivity index (χ2v) is 5.01. The summed E-state index contributed by atoms with van der Waals surface area (Å²) in [6.07, 6.45) is 3.13. The van der Waals surface area contributed by atoms with Gasteiger partial charge < -0.3 is 14.8 Å². The Kier molecular flexibility index (Phi) is 5.98. The van der Waals surface area contributed by atoms with Gasteiger partial charge in [0.1, 0.15) is 11.5 Å². The summed E-state index contributed by atoms with van der Waals surface area (Å²) in [4.78, 5) is 11.9. The predicted octanol–water partition coefficient (Wildman–Crippen LogP) is 2.91. The molecule has 1 amide bonds. The normalized spacial score (nSPS) is 10.2. The van der Waals surface area contributed by atoms with Crippen molar-refractivity contribution in [2.24, 2.45) is 0 Å². The number of hydrogen-bond acceptors (Lipinski definition) is 4. The van der Waals surface area contributed by atoms with Crippen LogP contribution >= 0.6 is 0 Å². The zero-order valence-corrected chi connectivity index (χ0v) is 13.6. The Labute approximate surface area is 141 Å². The molecule has 5 heteroatoms. The first-order chi connectivity index (χ1) is 11.6. The first-order valence-corrected chi connectivity index (χ1v) is 7.32. The van der Waals surface area contributed by atoms with E-state index in [0.717, 1.165) is 11.1 Å². The van der Waals surface area contributed by atoms with Gasteiger partial charge in [0.15, 0.2) is 0 Å². The summed E-state index contributed by atoms with van der Waals surface area (Å²) in [5.41, 5.74) is 2.24. The standard InChI is InChI=1S/C19H18N2O3/c1-23-17-9-14(10-18(11-17)24-2)6-7-19(22)21-13-16-5-3-4-15(8-16)12-20/h3-11H,13H2,1-2H3,(H,21,22)/b7-6+. The molecule has 0 aliphatic carbocycles. The lowest BCUT2D eigenvalue weighted by Crippen LogP contribution is -2.20. The van der Waals surface area contributed by atoms with Crippen LogP contribution in [0.2, 0.25) is 0 Å². The van der Waals surface area contributed by atoms with Crippen LogP contribution in [0.5, 0.6) is 11.5 Å². The molecule has 0 unspecified atom stereocenters. The molecule has 0 aliphatic heterocycles. The molecule has 0 aliphatic rings. The molecule has 0 heterocycles. The fraction of sp³-hybridized carbons (Fsp3) is 0.158. The number of amides is 1. The lowest BCUT2D eigenvalue weighted by molar-refractivity contribution is -0.116. The van der Waals surface area contributed by atoms with E-state index in [9.17, 15) is 4.79 Å². The van der Waals surface area contributed by atoms with Crippen LogP contribution < -0.4 is 14.8 Å². The summed E-state index contributed by atoms with van der Waals surface area (Å²) in [5, 5.41) is 11.6. The van der Waals surface area contributed by atoms with Crippen LogP contribution in [-0.2, 0) is 11.3 Å². The molecule has 2 aromatic rings. The minimum Gasteiger partial charge on any atom is -0.497 e. The van der Waals surface area contributed by atoms with Gasteiger partial charge in [0.2, 0.25) is 5.91 Å². The third kappa shape index (κ3) is 4.89. The van der Waals surface area contributed by atoms with Crippen molar-refractivity contribution >= 4 is 12.0 Å². The van der Waals surface area contributed by atoms with Crippen molar-refractivity contribution < 1.29 is 14.3 Å². The summed E-state index contributed by atoms with van der Waals surface area (Å²) < 4.78 is 10.4. The number of carbonyl (C=O) groups excluding carboxylic acids is 1. The highest BCUT2D eigenvalue weighted by Crippen LogP contribution is 2.23. The van der Waals surface area contributed by atoms with Gasteiger partial charge in [-0.2, -0.15) is 5.26 Å². The van der Waals surface area contributed by atoms with E-state index in [1.165, 1.54) is 6.08 Å². The largest absolute Gasteiger partial charge is 0.497 e. The Morgan fingerprint density at radius 1 is 1.17 bits per heavy atom. The number of rotatable bonds is 6. The van der Waals surface area contributed by atoms with Gasteiger partial charge >= 0.3 is 0 Å². The lowest BCUT2D eigenvalue weighted by Gasteiger charge is -2.06. The molecule has 1 N–H and O–H groups in total. The number of ether oxygens (including phenoxy) is 2. The molecule has 0 fully saturated rings. The second-order valence-electron chi connectivity index (χ2n) is 5.01.